The van der Waals surface area contributed by atoms with Gasteiger partial charge in [0.05, 0.1) is 15.9 Å². The highest BCUT2D eigenvalue weighted by Crippen LogP contribution is 2.25. The first-order chi connectivity index (χ1) is 10.9. The van der Waals surface area contributed by atoms with Crippen molar-refractivity contribution in [3.8, 4) is 6.07 Å². The van der Waals surface area contributed by atoms with Gasteiger partial charge >= 0.3 is 6.09 Å². The number of primary amides is 1. The lowest BCUT2D eigenvalue weighted by molar-refractivity contribution is 0.188. The van der Waals surface area contributed by atoms with Crippen LogP contribution in [0.15, 0.2) is 24.3 Å². The van der Waals surface area contributed by atoms with E-state index < -0.39 is 11.8 Å². The fourth-order valence-electron chi connectivity index (χ4n) is 1.45. The quantitative estimate of drug-likeness (QED) is 0.580. The van der Waals surface area contributed by atoms with Gasteiger partial charge in [0.15, 0.2) is 5.01 Å². The van der Waals surface area contributed by atoms with E-state index in [2.05, 4.69) is 31.5 Å². The highest BCUT2D eigenvalue weighted by Gasteiger charge is 2.31. The first kappa shape index (κ1) is 21.8. The molecule has 0 aliphatic rings. The monoisotopic (exact) mass is 351 g/mol. The highest BCUT2D eigenvalue weighted by atomic mass is 32.1. The maximum Gasteiger partial charge on any atom is 0.402 e. The van der Waals surface area contributed by atoms with Gasteiger partial charge in [0.1, 0.15) is 6.07 Å². The van der Waals surface area contributed by atoms with E-state index in [4.69, 9.17) is 26.6 Å². The van der Waals surface area contributed by atoms with Crippen molar-refractivity contribution in [2.45, 2.75) is 39.8 Å². The van der Waals surface area contributed by atoms with Crippen LogP contribution in [0.5, 0.6) is 0 Å². The lowest BCUT2D eigenvalue weighted by Crippen LogP contribution is -2.58. The number of rotatable bonds is 1. The summed E-state index contributed by atoms with van der Waals surface area (Å²) in [6.45, 7) is 8.16. The fraction of sp³-hybridized carbons (Fsp3) is 0.438. The average molecular weight is 351 g/mol. The molecule has 0 aliphatic carbocycles. The second kappa shape index (κ2) is 9.17. The van der Waals surface area contributed by atoms with Crippen LogP contribution in [0.2, 0.25) is 0 Å². The largest absolute Gasteiger partial charge is 0.465 e. The predicted molar refractivity (Wildman–Crippen MR) is 97.4 cm³/mol. The zero-order valence-corrected chi connectivity index (χ0v) is 15.2. The smallest absolute Gasteiger partial charge is 0.402 e. The van der Waals surface area contributed by atoms with Crippen molar-refractivity contribution in [1.82, 2.24) is 4.98 Å². The number of hydrogen-bond donors (Lipinski definition) is 4. The summed E-state index contributed by atoms with van der Waals surface area (Å²) in [5.74, 6) is 0. The second-order valence-corrected chi connectivity index (χ2v) is 7.11. The van der Waals surface area contributed by atoms with Gasteiger partial charge in [-0.25, -0.2) is 9.78 Å². The Morgan fingerprint density at radius 1 is 1.33 bits per heavy atom. The van der Waals surface area contributed by atoms with Gasteiger partial charge in [0.25, 0.3) is 0 Å². The van der Waals surface area contributed by atoms with Gasteiger partial charge in [0, 0.05) is 0 Å². The van der Waals surface area contributed by atoms with Crippen LogP contribution in [0.25, 0.3) is 10.2 Å². The molecule has 1 heterocycles. The molecule has 0 saturated carbocycles. The number of thiazole rings is 1. The second-order valence-electron chi connectivity index (χ2n) is 6.08. The third-order valence-electron chi connectivity index (χ3n) is 3.37. The average Bonchev–Trinajstić information content (AvgIpc) is 2.89. The van der Waals surface area contributed by atoms with Gasteiger partial charge < -0.3 is 22.3 Å². The minimum absolute atomic E-state index is 0.00174. The Kier molecular flexibility index (Phi) is 8.33. The lowest BCUT2D eigenvalue weighted by atomic mass is 9.80. The van der Waals surface area contributed by atoms with Crippen LogP contribution >= 0.6 is 11.3 Å². The number of carboxylic acid groups (broad SMARTS) is 1. The molecule has 1 aromatic heterocycles. The van der Waals surface area contributed by atoms with Crippen molar-refractivity contribution in [2.75, 3.05) is 0 Å². The maximum absolute atomic E-state index is 8.78. The van der Waals surface area contributed by atoms with Gasteiger partial charge in [-0.2, -0.15) is 5.26 Å². The lowest BCUT2D eigenvalue weighted by Gasteiger charge is -2.37. The predicted octanol–water partition coefficient (Wildman–Crippen LogP) is 2.85. The molecule has 0 saturated heterocycles. The van der Waals surface area contributed by atoms with Crippen molar-refractivity contribution in [3.05, 3.63) is 29.3 Å². The van der Waals surface area contributed by atoms with Crippen LogP contribution in [-0.4, -0.2) is 21.8 Å². The molecule has 1 amide bonds. The summed E-state index contributed by atoms with van der Waals surface area (Å²) in [6, 6.07) is 9.77. The zero-order valence-electron chi connectivity index (χ0n) is 14.4. The standard InChI is InChI=1S/C8H4N2S.C7H18N2.CH3NO2/c9-5-8-10-6-3-1-2-4-7(6)11-8;1-5-7(8,9)6(2,3)4;2-1(3)4/h1-4H;5,8-9H2,1-4H3;2H2,(H,3,4). The summed E-state index contributed by atoms with van der Waals surface area (Å²) >= 11 is 1.43. The van der Waals surface area contributed by atoms with E-state index in [0.717, 1.165) is 16.6 Å². The Bertz CT molecular complexity index is 661. The molecular weight excluding hydrogens is 326 g/mol. The summed E-state index contributed by atoms with van der Waals surface area (Å²) in [4.78, 5) is 12.9. The molecule has 0 bridgehead atoms. The molecule has 0 aliphatic heterocycles. The number of nitrogens with zero attached hydrogens (tertiary/aromatic N) is 2. The molecule has 2 rings (SSSR count). The number of aromatic nitrogens is 1. The number of fused-ring (bicyclic) bond motifs is 1. The Morgan fingerprint density at radius 2 is 1.83 bits per heavy atom. The molecule has 7 N–H and O–H groups in total. The van der Waals surface area contributed by atoms with Crippen molar-refractivity contribution in [2.24, 2.45) is 22.6 Å². The summed E-state index contributed by atoms with van der Waals surface area (Å²) in [5, 5.41) is 16.3. The van der Waals surface area contributed by atoms with E-state index in [0.29, 0.717) is 5.01 Å². The molecule has 0 spiro atoms. The number of para-hydroxylation sites is 1. The van der Waals surface area contributed by atoms with Gasteiger partial charge in [-0.1, -0.05) is 39.8 Å². The molecule has 1 aromatic carbocycles. The topological polar surface area (TPSA) is 152 Å². The number of amides is 1. The SMILES string of the molecule is CCC(N)(N)C(C)(C)C.N#Cc1nc2ccccc2s1.NC(=O)O. The molecule has 0 atom stereocenters. The fourth-order valence-corrected chi connectivity index (χ4v) is 2.21. The zero-order chi connectivity index (χ0) is 19.0. The molecule has 2 aromatic rings. The minimum atomic E-state index is -1.33. The van der Waals surface area contributed by atoms with E-state index in [1.807, 2.05) is 37.3 Å². The van der Waals surface area contributed by atoms with Crippen LogP contribution < -0.4 is 17.2 Å². The third kappa shape index (κ3) is 7.37. The van der Waals surface area contributed by atoms with Crippen molar-refractivity contribution in [3.63, 3.8) is 0 Å². The van der Waals surface area contributed by atoms with E-state index in [1.165, 1.54) is 11.3 Å². The Labute approximate surface area is 146 Å². The normalized spacial score (nSPS) is 10.7. The number of benzene rings is 1. The minimum Gasteiger partial charge on any atom is -0.465 e. The molecular formula is C16H25N5O2S. The van der Waals surface area contributed by atoms with Crippen molar-refractivity contribution in [1.29, 1.82) is 5.26 Å². The van der Waals surface area contributed by atoms with Gasteiger partial charge in [-0.15, -0.1) is 11.3 Å². The highest BCUT2D eigenvalue weighted by molar-refractivity contribution is 7.19. The van der Waals surface area contributed by atoms with Crippen LogP contribution in [0.1, 0.15) is 39.1 Å². The number of nitriles is 1. The molecule has 0 unspecified atom stereocenters. The number of hydrogen-bond acceptors (Lipinski definition) is 6. The van der Waals surface area contributed by atoms with E-state index in [9.17, 15) is 0 Å². The van der Waals surface area contributed by atoms with Gasteiger partial charge in [-0.3, -0.25) is 0 Å². The maximum atomic E-state index is 8.78. The molecule has 132 valence electrons. The van der Waals surface area contributed by atoms with E-state index in [1.54, 1.807) is 0 Å². The van der Waals surface area contributed by atoms with Crippen molar-refractivity contribution < 1.29 is 9.90 Å². The van der Waals surface area contributed by atoms with Gasteiger partial charge in [0.2, 0.25) is 0 Å². The number of nitrogens with two attached hydrogens (primary N) is 3. The Balaban J connectivity index is 0.000000369. The Hall–Kier alpha value is -2.21. The van der Waals surface area contributed by atoms with Gasteiger partial charge in [-0.05, 0) is 24.0 Å². The third-order valence-corrected chi connectivity index (χ3v) is 4.31. The van der Waals surface area contributed by atoms with Crippen LogP contribution in [0, 0.1) is 16.7 Å². The van der Waals surface area contributed by atoms with E-state index >= 15 is 0 Å². The molecule has 8 heteroatoms. The van der Waals surface area contributed by atoms with Crippen LogP contribution in [0.4, 0.5) is 4.79 Å². The summed E-state index contributed by atoms with van der Waals surface area (Å²) in [5.41, 5.74) is 16.0. The van der Waals surface area contributed by atoms with Crippen LogP contribution in [0.3, 0.4) is 0 Å². The number of carbonyl (C=O) groups is 1. The van der Waals surface area contributed by atoms with E-state index in [-0.39, 0.29) is 5.41 Å². The summed E-state index contributed by atoms with van der Waals surface area (Å²) < 4.78 is 1.07. The molecule has 7 nitrogen and oxygen atoms in total. The van der Waals surface area contributed by atoms with Crippen molar-refractivity contribution >= 4 is 27.6 Å². The molecule has 24 heavy (non-hydrogen) atoms. The first-order valence-electron chi connectivity index (χ1n) is 7.26. The summed E-state index contributed by atoms with van der Waals surface area (Å²) in [7, 11) is 0. The Morgan fingerprint density at radius 3 is 2.17 bits per heavy atom. The van der Waals surface area contributed by atoms with Crippen LogP contribution in [-0.2, 0) is 0 Å². The first-order valence-corrected chi connectivity index (χ1v) is 8.08. The molecule has 0 fully saturated rings. The summed E-state index contributed by atoms with van der Waals surface area (Å²) in [6.07, 6.45) is -0.517. The molecule has 0 radical (unpaired) electrons.